The van der Waals surface area contributed by atoms with Crippen LogP contribution in [0.2, 0.25) is 10.0 Å². The first kappa shape index (κ1) is 18.2. The van der Waals surface area contributed by atoms with Crippen LogP contribution in [-0.4, -0.2) is 12.2 Å². The molecule has 0 aliphatic heterocycles. The van der Waals surface area contributed by atoms with Crippen molar-refractivity contribution in [2.45, 2.75) is 6.92 Å². The molecule has 3 nitrogen and oxygen atoms in total. The second-order valence-electron chi connectivity index (χ2n) is 5.71. The minimum Gasteiger partial charge on any atom is -0.423 e. The van der Waals surface area contributed by atoms with Crippen LogP contribution in [0.3, 0.4) is 0 Å². The van der Waals surface area contributed by atoms with Gasteiger partial charge in [0.05, 0.1) is 11.3 Å². The number of hydrogen-bond acceptors (Lipinski definition) is 3. The van der Waals surface area contributed by atoms with Gasteiger partial charge in [0.15, 0.2) is 0 Å². The molecule has 0 aromatic heterocycles. The zero-order chi connectivity index (χ0) is 18.5. The molecule has 0 atom stereocenters. The van der Waals surface area contributed by atoms with Gasteiger partial charge in [-0.1, -0.05) is 40.9 Å². The van der Waals surface area contributed by atoms with Gasteiger partial charge in [-0.05, 0) is 67.1 Å². The van der Waals surface area contributed by atoms with E-state index in [0.29, 0.717) is 21.4 Å². The summed E-state index contributed by atoms with van der Waals surface area (Å²) in [5.41, 5.74) is 3.03. The second kappa shape index (κ2) is 8.17. The maximum Gasteiger partial charge on any atom is 0.343 e. The molecule has 0 saturated heterocycles. The summed E-state index contributed by atoms with van der Waals surface area (Å²) in [6.45, 7) is 1.96. The number of hydrogen-bond donors (Lipinski definition) is 0. The molecular weight excluding hydrogens is 369 g/mol. The van der Waals surface area contributed by atoms with Crippen LogP contribution >= 0.6 is 23.2 Å². The van der Waals surface area contributed by atoms with Crippen molar-refractivity contribution in [2.75, 3.05) is 0 Å². The van der Waals surface area contributed by atoms with Crippen LogP contribution in [-0.2, 0) is 0 Å². The van der Waals surface area contributed by atoms with Crippen molar-refractivity contribution >= 4 is 41.1 Å². The van der Waals surface area contributed by atoms with Crippen molar-refractivity contribution in [1.82, 2.24) is 0 Å². The zero-order valence-electron chi connectivity index (χ0n) is 13.9. The van der Waals surface area contributed by atoms with Gasteiger partial charge in [0.25, 0.3) is 0 Å². The average Bonchev–Trinajstić information content (AvgIpc) is 2.61. The molecule has 26 heavy (non-hydrogen) atoms. The largest absolute Gasteiger partial charge is 0.423 e. The molecule has 3 aromatic carbocycles. The molecule has 0 N–H and O–H groups in total. The summed E-state index contributed by atoms with van der Waals surface area (Å²) < 4.78 is 5.43. The third-order valence-electron chi connectivity index (χ3n) is 3.58. The van der Waals surface area contributed by atoms with Crippen molar-refractivity contribution in [3.05, 3.63) is 93.5 Å². The van der Waals surface area contributed by atoms with E-state index in [-0.39, 0.29) is 0 Å². The highest BCUT2D eigenvalue weighted by molar-refractivity contribution is 6.31. The molecule has 0 aliphatic carbocycles. The van der Waals surface area contributed by atoms with Gasteiger partial charge in [0, 0.05) is 16.3 Å². The maximum atomic E-state index is 12.2. The molecule has 0 bridgehead atoms. The van der Waals surface area contributed by atoms with E-state index >= 15 is 0 Å². The highest BCUT2D eigenvalue weighted by atomic mass is 35.5. The topological polar surface area (TPSA) is 38.7 Å². The summed E-state index contributed by atoms with van der Waals surface area (Å²) in [5.74, 6) is -0.0755. The minimum atomic E-state index is -0.437. The van der Waals surface area contributed by atoms with Crippen molar-refractivity contribution in [3.63, 3.8) is 0 Å². The highest BCUT2D eigenvalue weighted by Gasteiger charge is 2.09. The fourth-order valence-corrected chi connectivity index (χ4v) is 2.61. The highest BCUT2D eigenvalue weighted by Crippen LogP contribution is 2.22. The number of aryl methyl sites for hydroxylation is 1. The summed E-state index contributed by atoms with van der Waals surface area (Å²) in [6.07, 6.45) is 1.65. The molecule has 130 valence electrons. The van der Waals surface area contributed by atoms with Crippen LogP contribution in [0.15, 0.2) is 71.7 Å². The molecule has 0 spiro atoms. The smallest absolute Gasteiger partial charge is 0.343 e. The Labute approximate surface area is 161 Å². The fraction of sp³-hybridized carbons (Fsp3) is 0.0476. The van der Waals surface area contributed by atoms with Crippen LogP contribution in [0.4, 0.5) is 5.69 Å². The van der Waals surface area contributed by atoms with E-state index < -0.39 is 5.97 Å². The van der Waals surface area contributed by atoms with Gasteiger partial charge in [-0.15, -0.1) is 0 Å². The molecule has 0 heterocycles. The quantitative estimate of drug-likeness (QED) is 0.302. The van der Waals surface area contributed by atoms with Crippen molar-refractivity contribution in [1.29, 1.82) is 0 Å². The number of rotatable bonds is 4. The van der Waals surface area contributed by atoms with Crippen LogP contribution in [0.5, 0.6) is 5.75 Å². The first-order chi connectivity index (χ1) is 12.5. The lowest BCUT2D eigenvalue weighted by Gasteiger charge is -2.06. The van der Waals surface area contributed by atoms with E-state index in [0.717, 1.165) is 16.8 Å². The van der Waals surface area contributed by atoms with Gasteiger partial charge >= 0.3 is 5.97 Å². The number of halogens is 2. The Bertz CT molecular complexity index is 949. The van der Waals surface area contributed by atoms with E-state index in [1.807, 2.05) is 31.2 Å². The zero-order valence-corrected chi connectivity index (χ0v) is 15.5. The number of carbonyl (C=O) groups is 1. The summed E-state index contributed by atoms with van der Waals surface area (Å²) in [6, 6.07) is 19.4. The van der Waals surface area contributed by atoms with E-state index in [1.54, 1.807) is 48.7 Å². The SMILES string of the molecule is Cc1ccc(C(=O)Oc2cc(Cl)cc(C=Nc3ccc(Cl)cc3)c2)cc1. The van der Waals surface area contributed by atoms with Crippen LogP contribution in [0.25, 0.3) is 0 Å². The van der Waals surface area contributed by atoms with E-state index in [2.05, 4.69) is 4.99 Å². The molecule has 3 aromatic rings. The van der Waals surface area contributed by atoms with E-state index in [9.17, 15) is 4.79 Å². The monoisotopic (exact) mass is 383 g/mol. The van der Waals surface area contributed by atoms with Crippen molar-refractivity contribution in [2.24, 2.45) is 4.99 Å². The standard InChI is InChI=1S/C21H15Cl2NO2/c1-14-2-4-16(5-3-14)21(25)26-20-11-15(10-18(23)12-20)13-24-19-8-6-17(22)7-9-19/h2-13H,1H3. The summed E-state index contributed by atoms with van der Waals surface area (Å²) >= 11 is 12.0. The van der Waals surface area contributed by atoms with Gasteiger partial charge in [-0.3, -0.25) is 4.99 Å². The number of carbonyl (C=O) groups excluding carboxylic acids is 1. The fourth-order valence-electron chi connectivity index (χ4n) is 2.25. The first-order valence-corrected chi connectivity index (χ1v) is 8.64. The molecule has 0 amide bonds. The van der Waals surface area contributed by atoms with E-state index in [1.165, 1.54) is 0 Å². The minimum absolute atomic E-state index is 0.362. The number of esters is 1. The summed E-state index contributed by atoms with van der Waals surface area (Å²) in [4.78, 5) is 16.6. The van der Waals surface area contributed by atoms with Crippen LogP contribution < -0.4 is 4.74 Å². The molecule has 0 saturated carbocycles. The number of aliphatic imine (C=N–C) groups is 1. The Hall–Kier alpha value is -2.62. The lowest BCUT2D eigenvalue weighted by atomic mass is 10.1. The Kier molecular flexibility index (Phi) is 5.71. The number of benzene rings is 3. The van der Waals surface area contributed by atoms with Crippen LogP contribution in [0.1, 0.15) is 21.5 Å². The first-order valence-electron chi connectivity index (χ1n) is 7.89. The molecule has 0 radical (unpaired) electrons. The van der Waals surface area contributed by atoms with Gasteiger partial charge in [-0.2, -0.15) is 0 Å². The Morgan fingerprint density at radius 3 is 2.31 bits per heavy atom. The Balaban J connectivity index is 1.77. The molecule has 5 heteroatoms. The number of ether oxygens (including phenoxy) is 1. The van der Waals surface area contributed by atoms with Gasteiger partial charge in [0.1, 0.15) is 5.75 Å². The van der Waals surface area contributed by atoms with Gasteiger partial charge in [0.2, 0.25) is 0 Å². The molecular formula is C21H15Cl2NO2. The Morgan fingerprint density at radius 1 is 0.923 bits per heavy atom. The third kappa shape index (κ3) is 4.94. The third-order valence-corrected chi connectivity index (χ3v) is 4.05. The molecule has 0 fully saturated rings. The lowest BCUT2D eigenvalue weighted by molar-refractivity contribution is 0.0735. The van der Waals surface area contributed by atoms with Crippen molar-refractivity contribution in [3.8, 4) is 5.75 Å². The van der Waals surface area contributed by atoms with Crippen molar-refractivity contribution < 1.29 is 9.53 Å². The average molecular weight is 384 g/mol. The Morgan fingerprint density at radius 2 is 1.62 bits per heavy atom. The number of nitrogens with zero attached hydrogens (tertiary/aromatic N) is 1. The normalized spacial score (nSPS) is 10.9. The van der Waals surface area contributed by atoms with Gasteiger partial charge < -0.3 is 4.74 Å². The summed E-state index contributed by atoms with van der Waals surface area (Å²) in [5, 5.41) is 1.11. The molecule has 0 aliphatic rings. The molecule has 0 unspecified atom stereocenters. The van der Waals surface area contributed by atoms with Gasteiger partial charge in [-0.25, -0.2) is 4.79 Å². The summed E-state index contributed by atoms with van der Waals surface area (Å²) in [7, 11) is 0. The van der Waals surface area contributed by atoms with Crippen LogP contribution in [0, 0.1) is 6.92 Å². The lowest BCUT2D eigenvalue weighted by Crippen LogP contribution is -2.08. The maximum absolute atomic E-state index is 12.2. The molecule has 3 rings (SSSR count). The predicted octanol–water partition coefficient (Wildman–Crippen LogP) is 6.27. The van der Waals surface area contributed by atoms with E-state index in [4.69, 9.17) is 27.9 Å². The second-order valence-corrected chi connectivity index (χ2v) is 6.58. The predicted molar refractivity (Wildman–Crippen MR) is 106 cm³/mol.